The molecule has 1 N–H and O–H groups in total. The molecule has 1 heterocycles. The van der Waals surface area contributed by atoms with Gasteiger partial charge in [-0.25, -0.2) is 13.8 Å². The fourth-order valence-electron chi connectivity index (χ4n) is 1.58. The molecule has 0 amide bonds. The van der Waals surface area contributed by atoms with E-state index < -0.39 is 11.6 Å². The van der Waals surface area contributed by atoms with Crippen LogP contribution in [0.15, 0.2) is 30.6 Å². The number of hydrogen-bond acceptors (Lipinski definition) is 4. The van der Waals surface area contributed by atoms with Crippen molar-refractivity contribution < 1.29 is 13.5 Å². The van der Waals surface area contributed by atoms with E-state index in [-0.39, 0.29) is 11.6 Å². The Balaban J connectivity index is 2.09. The van der Waals surface area contributed by atoms with Gasteiger partial charge >= 0.3 is 0 Å². The summed E-state index contributed by atoms with van der Waals surface area (Å²) in [5, 5.41) is 3.17. The van der Waals surface area contributed by atoms with E-state index >= 15 is 0 Å². The number of hydrogen-bond donors (Lipinski definition) is 1. The fraction of sp³-hybridized carbons (Fsp3) is 0.286. The molecule has 0 bridgehead atoms. The second-order valence-corrected chi connectivity index (χ2v) is 4.20. The van der Waals surface area contributed by atoms with E-state index in [1.807, 2.05) is 0 Å². The molecule has 2 rings (SSSR count). The van der Waals surface area contributed by atoms with Crippen LogP contribution in [-0.2, 0) is 6.54 Å². The number of benzene rings is 1. The predicted octanol–water partition coefficient (Wildman–Crippen LogP) is 3.05. The van der Waals surface area contributed by atoms with Gasteiger partial charge in [-0.1, -0.05) is 6.92 Å². The van der Waals surface area contributed by atoms with Gasteiger partial charge in [0, 0.05) is 18.8 Å². The van der Waals surface area contributed by atoms with E-state index in [1.54, 1.807) is 6.20 Å². The van der Waals surface area contributed by atoms with Crippen molar-refractivity contribution in [3.63, 3.8) is 0 Å². The Kier molecular flexibility index (Phi) is 4.95. The Morgan fingerprint density at radius 3 is 2.90 bits per heavy atom. The zero-order valence-corrected chi connectivity index (χ0v) is 11.1. The molecular weight excluding hydrogens is 264 g/mol. The highest BCUT2D eigenvalue weighted by atomic mass is 19.1. The third-order valence-electron chi connectivity index (χ3n) is 2.50. The van der Waals surface area contributed by atoms with E-state index in [0.717, 1.165) is 31.2 Å². The quantitative estimate of drug-likeness (QED) is 0.826. The molecule has 0 saturated heterocycles. The molecule has 20 heavy (non-hydrogen) atoms. The molecule has 6 heteroatoms. The lowest BCUT2D eigenvalue weighted by molar-refractivity contribution is 0.418. The van der Waals surface area contributed by atoms with Crippen LogP contribution in [0.1, 0.15) is 19.0 Å². The minimum Gasteiger partial charge on any atom is -0.434 e. The molecule has 0 aliphatic heterocycles. The zero-order valence-electron chi connectivity index (χ0n) is 11.1. The Morgan fingerprint density at radius 1 is 1.25 bits per heavy atom. The number of rotatable bonds is 6. The van der Waals surface area contributed by atoms with Gasteiger partial charge < -0.3 is 10.1 Å². The van der Waals surface area contributed by atoms with Gasteiger partial charge in [-0.3, -0.25) is 4.98 Å². The minimum atomic E-state index is -0.650. The first-order valence-corrected chi connectivity index (χ1v) is 6.33. The van der Waals surface area contributed by atoms with Gasteiger partial charge in [0.1, 0.15) is 5.82 Å². The van der Waals surface area contributed by atoms with Crippen LogP contribution in [0.4, 0.5) is 8.78 Å². The maximum absolute atomic E-state index is 13.5. The molecule has 0 aliphatic rings. The van der Waals surface area contributed by atoms with Crippen molar-refractivity contribution in [3.8, 4) is 11.6 Å². The summed E-state index contributed by atoms with van der Waals surface area (Å²) in [5.74, 6) is -1.30. The van der Waals surface area contributed by atoms with Crippen LogP contribution in [0.5, 0.6) is 11.6 Å². The van der Waals surface area contributed by atoms with E-state index in [0.29, 0.717) is 12.2 Å². The molecule has 1 aromatic heterocycles. The zero-order chi connectivity index (χ0) is 14.4. The van der Waals surface area contributed by atoms with Crippen molar-refractivity contribution >= 4 is 0 Å². The summed E-state index contributed by atoms with van der Waals surface area (Å²) in [6.45, 7) is 3.47. The van der Waals surface area contributed by atoms with Crippen LogP contribution in [-0.4, -0.2) is 16.5 Å². The highest BCUT2D eigenvalue weighted by molar-refractivity contribution is 5.28. The molecule has 0 spiro atoms. The fourth-order valence-corrected chi connectivity index (χ4v) is 1.58. The summed E-state index contributed by atoms with van der Waals surface area (Å²) in [5.41, 5.74) is 0.674. The van der Waals surface area contributed by atoms with Crippen LogP contribution in [0.3, 0.4) is 0 Å². The van der Waals surface area contributed by atoms with Crippen molar-refractivity contribution in [1.82, 2.24) is 15.3 Å². The van der Waals surface area contributed by atoms with Gasteiger partial charge in [0.2, 0.25) is 5.88 Å². The van der Waals surface area contributed by atoms with E-state index in [4.69, 9.17) is 4.74 Å². The Labute approximate surface area is 115 Å². The average Bonchev–Trinajstić information content (AvgIpc) is 2.44. The highest BCUT2D eigenvalue weighted by Crippen LogP contribution is 2.23. The summed E-state index contributed by atoms with van der Waals surface area (Å²) in [7, 11) is 0. The van der Waals surface area contributed by atoms with E-state index in [1.165, 1.54) is 6.20 Å². The molecule has 0 atom stereocenters. The number of halogens is 2. The maximum atomic E-state index is 13.5. The predicted molar refractivity (Wildman–Crippen MR) is 70.5 cm³/mol. The number of nitrogens with one attached hydrogen (secondary N) is 1. The molecule has 0 unspecified atom stereocenters. The Morgan fingerprint density at radius 2 is 2.10 bits per heavy atom. The first-order chi connectivity index (χ1) is 9.69. The molecule has 0 fully saturated rings. The summed E-state index contributed by atoms with van der Waals surface area (Å²) in [6, 6.07) is 3.00. The monoisotopic (exact) mass is 279 g/mol. The number of nitrogens with zero attached hydrogens (tertiary/aromatic N) is 2. The smallest absolute Gasteiger partial charge is 0.238 e. The van der Waals surface area contributed by atoms with Gasteiger partial charge in [-0.2, -0.15) is 0 Å². The largest absolute Gasteiger partial charge is 0.434 e. The van der Waals surface area contributed by atoms with Crippen molar-refractivity contribution in [3.05, 3.63) is 47.9 Å². The van der Waals surface area contributed by atoms with Crippen LogP contribution in [0.25, 0.3) is 0 Å². The van der Waals surface area contributed by atoms with Crippen LogP contribution in [0, 0.1) is 11.6 Å². The SMILES string of the molecule is CCCNCc1cncc(Oc2cc(F)ccc2F)n1. The average molecular weight is 279 g/mol. The van der Waals surface area contributed by atoms with Crippen molar-refractivity contribution in [1.29, 1.82) is 0 Å². The Bertz CT molecular complexity index is 578. The molecule has 0 saturated carbocycles. The van der Waals surface area contributed by atoms with Crippen molar-refractivity contribution in [2.75, 3.05) is 6.54 Å². The molecule has 1 aromatic carbocycles. The summed E-state index contributed by atoms with van der Waals surface area (Å²) >= 11 is 0. The maximum Gasteiger partial charge on any atom is 0.238 e. The lowest BCUT2D eigenvalue weighted by Gasteiger charge is -2.07. The second-order valence-electron chi connectivity index (χ2n) is 4.20. The first-order valence-electron chi connectivity index (χ1n) is 6.33. The van der Waals surface area contributed by atoms with Crippen LogP contribution in [0.2, 0.25) is 0 Å². The molecular formula is C14H15F2N3O. The molecule has 0 aliphatic carbocycles. The van der Waals surface area contributed by atoms with Gasteiger partial charge in [0.05, 0.1) is 11.9 Å². The van der Waals surface area contributed by atoms with Crippen molar-refractivity contribution in [2.45, 2.75) is 19.9 Å². The van der Waals surface area contributed by atoms with Crippen LogP contribution < -0.4 is 10.1 Å². The summed E-state index contributed by atoms with van der Waals surface area (Å²) in [4.78, 5) is 8.14. The summed E-state index contributed by atoms with van der Waals surface area (Å²) < 4.78 is 31.7. The third-order valence-corrected chi connectivity index (χ3v) is 2.50. The topological polar surface area (TPSA) is 47.0 Å². The minimum absolute atomic E-state index is 0.130. The van der Waals surface area contributed by atoms with Crippen LogP contribution >= 0.6 is 0 Å². The first kappa shape index (κ1) is 14.3. The van der Waals surface area contributed by atoms with Gasteiger partial charge in [-0.05, 0) is 25.1 Å². The van der Waals surface area contributed by atoms with Crippen molar-refractivity contribution in [2.24, 2.45) is 0 Å². The number of ether oxygens (including phenoxy) is 1. The summed E-state index contributed by atoms with van der Waals surface area (Å²) in [6.07, 6.45) is 3.96. The standard InChI is InChI=1S/C14H15F2N3O/c1-2-5-17-7-11-8-18-9-14(19-11)20-13-6-10(15)3-4-12(13)16/h3-4,6,8-9,17H,2,5,7H2,1H3. The molecule has 4 nitrogen and oxygen atoms in total. The van der Waals surface area contributed by atoms with E-state index in [9.17, 15) is 8.78 Å². The Hall–Kier alpha value is -2.08. The molecule has 0 radical (unpaired) electrons. The van der Waals surface area contributed by atoms with Gasteiger partial charge in [0.15, 0.2) is 11.6 Å². The molecule has 106 valence electrons. The normalized spacial score (nSPS) is 10.6. The van der Waals surface area contributed by atoms with Gasteiger partial charge in [0.25, 0.3) is 0 Å². The number of aromatic nitrogens is 2. The lowest BCUT2D eigenvalue weighted by Crippen LogP contribution is -2.15. The molecule has 2 aromatic rings. The highest BCUT2D eigenvalue weighted by Gasteiger charge is 2.08. The van der Waals surface area contributed by atoms with Gasteiger partial charge in [-0.15, -0.1) is 0 Å². The third kappa shape index (κ3) is 3.96. The van der Waals surface area contributed by atoms with E-state index in [2.05, 4.69) is 22.2 Å². The lowest BCUT2D eigenvalue weighted by atomic mass is 10.3. The second kappa shape index (κ2) is 6.91.